The number of carbonyl (C=O) groups is 1. The lowest BCUT2D eigenvalue weighted by Crippen LogP contribution is -2.28. The molecule has 0 aliphatic rings. The minimum absolute atomic E-state index is 0.0873. The van der Waals surface area contributed by atoms with Crippen LogP contribution >= 0.6 is 0 Å². The Morgan fingerprint density at radius 2 is 1.77 bits per heavy atom. The van der Waals surface area contributed by atoms with E-state index in [0.717, 1.165) is 24.2 Å². The van der Waals surface area contributed by atoms with Crippen LogP contribution in [0, 0.1) is 6.92 Å². The topological polar surface area (TPSA) is 38.3 Å². The van der Waals surface area contributed by atoms with E-state index in [1.807, 2.05) is 49.4 Å². The minimum atomic E-state index is 0.0873. The van der Waals surface area contributed by atoms with Crippen LogP contribution in [0.25, 0.3) is 0 Å². The molecule has 116 valence electrons. The van der Waals surface area contributed by atoms with E-state index in [0.29, 0.717) is 19.6 Å². The molecule has 0 atom stereocenters. The fourth-order valence-electron chi connectivity index (χ4n) is 2.26. The number of hydrogen-bond acceptors (Lipinski definition) is 2. The maximum atomic E-state index is 11.7. The molecule has 0 fully saturated rings. The summed E-state index contributed by atoms with van der Waals surface area (Å²) in [6, 6.07) is 18.1. The first kappa shape index (κ1) is 16.1. The van der Waals surface area contributed by atoms with Gasteiger partial charge in [-0.05, 0) is 37.0 Å². The molecule has 22 heavy (non-hydrogen) atoms. The molecule has 0 radical (unpaired) electrons. The number of ether oxygens (including phenoxy) is 1. The average Bonchev–Trinajstić information content (AvgIpc) is 2.54. The van der Waals surface area contributed by atoms with Gasteiger partial charge in [0.2, 0.25) is 5.91 Å². The third-order valence-corrected chi connectivity index (χ3v) is 3.49. The zero-order valence-corrected chi connectivity index (χ0v) is 13.0. The Labute approximate surface area is 132 Å². The molecule has 0 aliphatic heterocycles. The second-order valence-corrected chi connectivity index (χ2v) is 5.30. The summed E-state index contributed by atoms with van der Waals surface area (Å²) in [7, 11) is 0. The van der Waals surface area contributed by atoms with Gasteiger partial charge in [0.05, 0.1) is 6.54 Å². The van der Waals surface area contributed by atoms with Crippen molar-refractivity contribution >= 4 is 5.91 Å². The van der Waals surface area contributed by atoms with Crippen LogP contribution in [0.3, 0.4) is 0 Å². The van der Waals surface area contributed by atoms with Gasteiger partial charge < -0.3 is 10.1 Å². The second-order valence-electron chi connectivity index (χ2n) is 5.30. The Hall–Kier alpha value is -2.29. The summed E-state index contributed by atoms with van der Waals surface area (Å²) in [5, 5.41) is 2.89. The molecule has 0 saturated heterocycles. The molecule has 1 N–H and O–H groups in total. The molecule has 0 heterocycles. The highest BCUT2D eigenvalue weighted by Crippen LogP contribution is 2.15. The first-order valence-corrected chi connectivity index (χ1v) is 7.75. The molecule has 0 saturated carbocycles. The summed E-state index contributed by atoms with van der Waals surface area (Å²) >= 11 is 0. The molecule has 2 aromatic rings. The van der Waals surface area contributed by atoms with Gasteiger partial charge in [-0.1, -0.05) is 48.5 Å². The van der Waals surface area contributed by atoms with Crippen molar-refractivity contribution in [2.24, 2.45) is 0 Å². The second kappa shape index (κ2) is 8.88. The van der Waals surface area contributed by atoms with Crippen molar-refractivity contribution in [3.63, 3.8) is 0 Å². The van der Waals surface area contributed by atoms with Crippen molar-refractivity contribution in [2.75, 3.05) is 13.2 Å². The first-order valence-electron chi connectivity index (χ1n) is 7.75. The van der Waals surface area contributed by atoms with E-state index in [9.17, 15) is 4.79 Å². The van der Waals surface area contributed by atoms with E-state index in [2.05, 4.69) is 17.4 Å². The standard InChI is InChI=1S/C19H23NO2/c1-16-8-5-6-12-18(16)22-15-14-20-19(21)13-7-11-17-9-3-2-4-10-17/h2-6,8-10,12H,7,11,13-15H2,1H3,(H,20,21). The predicted molar refractivity (Wildman–Crippen MR) is 89.1 cm³/mol. The quantitative estimate of drug-likeness (QED) is 0.757. The van der Waals surface area contributed by atoms with Crippen LogP contribution < -0.4 is 10.1 Å². The molecular formula is C19H23NO2. The lowest BCUT2D eigenvalue weighted by Gasteiger charge is -2.09. The molecule has 3 nitrogen and oxygen atoms in total. The van der Waals surface area contributed by atoms with Gasteiger partial charge in [0, 0.05) is 6.42 Å². The van der Waals surface area contributed by atoms with Crippen LogP contribution in [-0.2, 0) is 11.2 Å². The van der Waals surface area contributed by atoms with E-state index >= 15 is 0 Å². The van der Waals surface area contributed by atoms with E-state index in [1.54, 1.807) is 0 Å². The zero-order chi connectivity index (χ0) is 15.6. The molecule has 0 unspecified atom stereocenters. The monoisotopic (exact) mass is 297 g/mol. The highest BCUT2D eigenvalue weighted by Gasteiger charge is 2.02. The van der Waals surface area contributed by atoms with Crippen molar-refractivity contribution in [3.05, 3.63) is 65.7 Å². The molecule has 0 spiro atoms. The van der Waals surface area contributed by atoms with E-state index in [-0.39, 0.29) is 5.91 Å². The van der Waals surface area contributed by atoms with Crippen LogP contribution in [0.2, 0.25) is 0 Å². The number of nitrogens with one attached hydrogen (secondary N) is 1. The van der Waals surface area contributed by atoms with Crippen LogP contribution in [0.15, 0.2) is 54.6 Å². The Morgan fingerprint density at radius 3 is 2.55 bits per heavy atom. The summed E-state index contributed by atoms with van der Waals surface area (Å²) in [4.78, 5) is 11.7. The summed E-state index contributed by atoms with van der Waals surface area (Å²) in [6.07, 6.45) is 2.36. The molecule has 0 aromatic heterocycles. The normalized spacial score (nSPS) is 10.2. The largest absolute Gasteiger partial charge is 0.491 e. The number of amides is 1. The SMILES string of the molecule is Cc1ccccc1OCCNC(=O)CCCc1ccccc1. The van der Waals surface area contributed by atoms with Gasteiger partial charge in [0.25, 0.3) is 0 Å². The van der Waals surface area contributed by atoms with Gasteiger partial charge in [-0.15, -0.1) is 0 Å². The minimum Gasteiger partial charge on any atom is -0.491 e. The summed E-state index contributed by atoms with van der Waals surface area (Å²) in [5.41, 5.74) is 2.38. The fourth-order valence-corrected chi connectivity index (χ4v) is 2.26. The first-order chi connectivity index (χ1) is 10.8. The number of para-hydroxylation sites is 1. The lowest BCUT2D eigenvalue weighted by atomic mass is 10.1. The predicted octanol–water partition coefficient (Wildman–Crippen LogP) is 3.51. The summed E-state index contributed by atoms with van der Waals surface area (Å²) in [6.45, 7) is 3.05. The van der Waals surface area contributed by atoms with Crippen LogP contribution in [0.5, 0.6) is 5.75 Å². The van der Waals surface area contributed by atoms with E-state index < -0.39 is 0 Å². The highest BCUT2D eigenvalue weighted by molar-refractivity contribution is 5.75. The zero-order valence-electron chi connectivity index (χ0n) is 13.0. The number of hydrogen-bond donors (Lipinski definition) is 1. The number of rotatable bonds is 8. The number of benzene rings is 2. The summed E-state index contributed by atoms with van der Waals surface area (Å²) < 4.78 is 5.65. The van der Waals surface area contributed by atoms with Gasteiger partial charge in [0.15, 0.2) is 0 Å². The Kier molecular flexibility index (Phi) is 6.49. The van der Waals surface area contributed by atoms with E-state index in [1.165, 1.54) is 5.56 Å². The van der Waals surface area contributed by atoms with Gasteiger partial charge in [0.1, 0.15) is 12.4 Å². The Bertz CT molecular complexity index is 581. The smallest absolute Gasteiger partial charge is 0.220 e. The van der Waals surface area contributed by atoms with Crippen molar-refractivity contribution < 1.29 is 9.53 Å². The average molecular weight is 297 g/mol. The van der Waals surface area contributed by atoms with Crippen LogP contribution in [0.4, 0.5) is 0 Å². The molecule has 1 amide bonds. The molecule has 3 heteroatoms. The van der Waals surface area contributed by atoms with Crippen molar-refractivity contribution in [1.29, 1.82) is 0 Å². The Balaban J connectivity index is 1.57. The number of carbonyl (C=O) groups excluding carboxylic acids is 1. The molecular weight excluding hydrogens is 274 g/mol. The van der Waals surface area contributed by atoms with Crippen LogP contribution in [-0.4, -0.2) is 19.1 Å². The number of aryl methyl sites for hydroxylation is 2. The highest BCUT2D eigenvalue weighted by atomic mass is 16.5. The fraction of sp³-hybridized carbons (Fsp3) is 0.316. The van der Waals surface area contributed by atoms with Crippen molar-refractivity contribution in [2.45, 2.75) is 26.2 Å². The van der Waals surface area contributed by atoms with Crippen LogP contribution in [0.1, 0.15) is 24.0 Å². The van der Waals surface area contributed by atoms with Crippen molar-refractivity contribution in [3.8, 4) is 5.75 Å². The third kappa shape index (κ3) is 5.60. The van der Waals surface area contributed by atoms with Gasteiger partial charge in [-0.2, -0.15) is 0 Å². The lowest BCUT2D eigenvalue weighted by molar-refractivity contribution is -0.121. The maximum Gasteiger partial charge on any atom is 0.220 e. The third-order valence-electron chi connectivity index (χ3n) is 3.49. The van der Waals surface area contributed by atoms with Gasteiger partial charge >= 0.3 is 0 Å². The molecule has 0 aliphatic carbocycles. The molecule has 2 aromatic carbocycles. The van der Waals surface area contributed by atoms with Crippen molar-refractivity contribution in [1.82, 2.24) is 5.32 Å². The maximum absolute atomic E-state index is 11.7. The van der Waals surface area contributed by atoms with Gasteiger partial charge in [-0.25, -0.2) is 0 Å². The molecule has 2 rings (SSSR count). The Morgan fingerprint density at radius 1 is 1.05 bits per heavy atom. The van der Waals surface area contributed by atoms with E-state index in [4.69, 9.17) is 4.74 Å². The van der Waals surface area contributed by atoms with Gasteiger partial charge in [-0.3, -0.25) is 4.79 Å². The summed E-state index contributed by atoms with van der Waals surface area (Å²) in [5.74, 6) is 0.963. The molecule has 0 bridgehead atoms.